The predicted molar refractivity (Wildman–Crippen MR) is 97.4 cm³/mol. The van der Waals surface area contributed by atoms with E-state index in [0.717, 1.165) is 5.69 Å². The molecule has 0 bridgehead atoms. The molecule has 3 aromatic rings. The van der Waals surface area contributed by atoms with Crippen LogP contribution < -0.4 is 10.6 Å². The number of anilines is 2. The Kier molecular flexibility index (Phi) is 4.98. The molecule has 7 nitrogen and oxygen atoms in total. The molecule has 0 aliphatic rings. The zero-order valence-corrected chi connectivity index (χ0v) is 14.0. The van der Waals surface area contributed by atoms with Crippen molar-refractivity contribution in [2.75, 3.05) is 5.32 Å². The normalized spacial score (nSPS) is 11.6. The van der Waals surface area contributed by atoms with Crippen LogP contribution in [0.15, 0.2) is 71.3 Å². The second-order valence-corrected chi connectivity index (χ2v) is 5.69. The fourth-order valence-electron chi connectivity index (χ4n) is 2.50. The Labute approximate surface area is 149 Å². The molecule has 0 radical (unpaired) electrons. The van der Waals surface area contributed by atoms with Crippen molar-refractivity contribution in [1.82, 2.24) is 5.32 Å². The summed E-state index contributed by atoms with van der Waals surface area (Å²) in [6.45, 7) is 1.77. The summed E-state index contributed by atoms with van der Waals surface area (Å²) in [5, 5.41) is 17.2. The van der Waals surface area contributed by atoms with Gasteiger partial charge in [0, 0.05) is 17.3 Å². The maximum absolute atomic E-state index is 12.4. The second-order valence-electron chi connectivity index (χ2n) is 5.69. The molecule has 132 valence electrons. The number of para-hydroxylation sites is 1. The fraction of sp³-hybridized carbons (Fsp3) is 0.105. The molecule has 26 heavy (non-hydrogen) atoms. The maximum Gasteiger partial charge on any atom is 0.293 e. The van der Waals surface area contributed by atoms with E-state index < -0.39 is 10.8 Å². The van der Waals surface area contributed by atoms with Crippen LogP contribution in [0.2, 0.25) is 0 Å². The molecule has 1 heterocycles. The number of benzene rings is 2. The van der Waals surface area contributed by atoms with Crippen LogP contribution in [0.4, 0.5) is 17.1 Å². The van der Waals surface area contributed by atoms with E-state index in [0.29, 0.717) is 11.4 Å². The first kappa shape index (κ1) is 17.2. The molecule has 0 aliphatic carbocycles. The lowest BCUT2D eigenvalue weighted by molar-refractivity contribution is -0.383. The van der Waals surface area contributed by atoms with Gasteiger partial charge in [-0.25, -0.2) is 0 Å². The van der Waals surface area contributed by atoms with E-state index in [9.17, 15) is 14.9 Å². The number of nitro groups is 1. The van der Waals surface area contributed by atoms with E-state index in [1.165, 1.54) is 18.4 Å². The number of hydrogen-bond acceptors (Lipinski definition) is 5. The quantitative estimate of drug-likeness (QED) is 0.506. The van der Waals surface area contributed by atoms with Gasteiger partial charge >= 0.3 is 0 Å². The minimum Gasteiger partial charge on any atom is -0.467 e. The molecule has 2 aromatic carbocycles. The molecular weight excluding hydrogens is 334 g/mol. The number of carbonyl (C=O) groups excluding carboxylic acids is 1. The Morgan fingerprint density at radius 3 is 2.54 bits per heavy atom. The molecule has 1 atom stereocenters. The van der Waals surface area contributed by atoms with Crippen LogP contribution >= 0.6 is 0 Å². The van der Waals surface area contributed by atoms with Crippen LogP contribution in [0.25, 0.3) is 0 Å². The molecule has 0 saturated carbocycles. The second kappa shape index (κ2) is 7.52. The molecule has 0 aliphatic heterocycles. The average Bonchev–Trinajstić information content (AvgIpc) is 3.17. The highest BCUT2D eigenvalue weighted by Gasteiger charge is 2.19. The Hall–Kier alpha value is -3.61. The third-order valence-corrected chi connectivity index (χ3v) is 3.83. The van der Waals surface area contributed by atoms with Crippen LogP contribution in [-0.4, -0.2) is 10.8 Å². The zero-order chi connectivity index (χ0) is 18.5. The van der Waals surface area contributed by atoms with Crippen LogP contribution in [0.3, 0.4) is 0 Å². The van der Waals surface area contributed by atoms with Crippen molar-refractivity contribution >= 4 is 23.0 Å². The third kappa shape index (κ3) is 3.89. The van der Waals surface area contributed by atoms with Gasteiger partial charge in [0.2, 0.25) is 0 Å². The lowest BCUT2D eigenvalue weighted by Crippen LogP contribution is -2.26. The van der Waals surface area contributed by atoms with Gasteiger partial charge in [-0.1, -0.05) is 18.2 Å². The van der Waals surface area contributed by atoms with Crippen LogP contribution in [0.5, 0.6) is 0 Å². The van der Waals surface area contributed by atoms with Gasteiger partial charge in [0.25, 0.3) is 11.6 Å². The minimum atomic E-state index is -0.516. The molecule has 1 amide bonds. The van der Waals surface area contributed by atoms with E-state index in [1.807, 2.05) is 18.2 Å². The first-order chi connectivity index (χ1) is 12.5. The van der Waals surface area contributed by atoms with E-state index in [1.54, 1.807) is 37.3 Å². The van der Waals surface area contributed by atoms with Crippen molar-refractivity contribution in [2.24, 2.45) is 0 Å². The minimum absolute atomic E-state index is 0.174. The van der Waals surface area contributed by atoms with E-state index in [2.05, 4.69) is 10.6 Å². The number of furan rings is 1. The molecule has 2 N–H and O–H groups in total. The molecule has 1 unspecified atom stereocenters. The number of amides is 1. The summed E-state index contributed by atoms with van der Waals surface area (Å²) in [5.74, 6) is 0.193. The van der Waals surface area contributed by atoms with Gasteiger partial charge in [-0.15, -0.1) is 0 Å². The lowest BCUT2D eigenvalue weighted by Gasteiger charge is -2.12. The first-order valence-corrected chi connectivity index (χ1v) is 7.99. The third-order valence-electron chi connectivity index (χ3n) is 3.83. The van der Waals surface area contributed by atoms with E-state index in [4.69, 9.17) is 4.42 Å². The number of hydrogen-bond donors (Lipinski definition) is 2. The standard InChI is InChI=1S/C19H17N3O4/c1-13(18-8-5-11-26-18)20-19(23)14-9-10-16(17(12-14)22(24)25)21-15-6-3-2-4-7-15/h2-13,21H,1H3,(H,20,23). The maximum atomic E-state index is 12.4. The van der Waals surface area contributed by atoms with Gasteiger partial charge in [0.15, 0.2) is 0 Å². The summed E-state index contributed by atoms with van der Waals surface area (Å²) >= 11 is 0. The van der Waals surface area contributed by atoms with Crippen LogP contribution in [-0.2, 0) is 0 Å². The number of nitrogens with zero attached hydrogens (tertiary/aromatic N) is 1. The topological polar surface area (TPSA) is 97.4 Å². The summed E-state index contributed by atoms with van der Waals surface area (Å²) in [6.07, 6.45) is 1.52. The van der Waals surface area contributed by atoms with E-state index in [-0.39, 0.29) is 17.3 Å². The number of carbonyl (C=O) groups is 1. The highest BCUT2D eigenvalue weighted by Crippen LogP contribution is 2.29. The highest BCUT2D eigenvalue weighted by molar-refractivity contribution is 5.96. The van der Waals surface area contributed by atoms with Crippen molar-refractivity contribution < 1.29 is 14.1 Å². The fourth-order valence-corrected chi connectivity index (χ4v) is 2.50. The highest BCUT2D eigenvalue weighted by atomic mass is 16.6. The van der Waals surface area contributed by atoms with Crippen molar-refractivity contribution in [3.63, 3.8) is 0 Å². The molecule has 7 heteroatoms. The average molecular weight is 351 g/mol. The summed E-state index contributed by atoms with van der Waals surface area (Å²) in [7, 11) is 0. The smallest absolute Gasteiger partial charge is 0.293 e. The molecular formula is C19H17N3O4. The number of rotatable bonds is 6. The van der Waals surface area contributed by atoms with Gasteiger partial charge in [-0.2, -0.15) is 0 Å². The van der Waals surface area contributed by atoms with Gasteiger partial charge in [0.05, 0.1) is 17.2 Å². The Bertz CT molecular complexity index is 908. The summed E-state index contributed by atoms with van der Waals surface area (Å²) < 4.78 is 5.25. The van der Waals surface area contributed by atoms with Crippen molar-refractivity contribution in [3.8, 4) is 0 Å². The van der Waals surface area contributed by atoms with Gasteiger partial charge in [-0.3, -0.25) is 14.9 Å². The van der Waals surface area contributed by atoms with Crippen LogP contribution in [0, 0.1) is 10.1 Å². The number of nitrogens with one attached hydrogen (secondary N) is 2. The molecule has 3 rings (SSSR count). The number of nitro benzene ring substituents is 1. The Morgan fingerprint density at radius 1 is 1.12 bits per heavy atom. The Morgan fingerprint density at radius 2 is 1.88 bits per heavy atom. The molecule has 0 spiro atoms. The summed E-state index contributed by atoms with van der Waals surface area (Å²) in [5.41, 5.74) is 1.07. The summed E-state index contributed by atoms with van der Waals surface area (Å²) in [6, 6.07) is 16.6. The van der Waals surface area contributed by atoms with Crippen LogP contribution in [0.1, 0.15) is 29.1 Å². The largest absolute Gasteiger partial charge is 0.467 e. The monoisotopic (exact) mass is 351 g/mol. The first-order valence-electron chi connectivity index (χ1n) is 7.99. The van der Waals surface area contributed by atoms with Gasteiger partial charge < -0.3 is 15.1 Å². The molecule has 0 saturated heterocycles. The molecule has 1 aromatic heterocycles. The van der Waals surface area contributed by atoms with Crippen molar-refractivity contribution in [3.05, 3.63) is 88.4 Å². The van der Waals surface area contributed by atoms with Crippen molar-refractivity contribution in [2.45, 2.75) is 13.0 Å². The zero-order valence-electron chi connectivity index (χ0n) is 14.0. The van der Waals surface area contributed by atoms with Gasteiger partial charge in [0.1, 0.15) is 11.4 Å². The predicted octanol–water partition coefficient (Wildman–Crippen LogP) is 4.42. The van der Waals surface area contributed by atoms with Gasteiger partial charge in [-0.05, 0) is 43.3 Å². The lowest BCUT2D eigenvalue weighted by atomic mass is 10.1. The SMILES string of the molecule is CC(NC(=O)c1ccc(Nc2ccccc2)c([N+](=O)[O-])c1)c1ccco1. The Balaban J connectivity index is 1.81. The van der Waals surface area contributed by atoms with E-state index >= 15 is 0 Å². The molecule has 0 fully saturated rings. The summed E-state index contributed by atoms with van der Waals surface area (Å²) in [4.78, 5) is 23.3. The van der Waals surface area contributed by atoms with Crippen molar-refractivity contribution in [1.29, 1.82) is 0 Å².